The van der Waals surface area contributed by atoms with Crippen LogP contribution in [-0.2, 0) is 9.53 Å². The SMILES string of the molecule is Cc1ccnc(OCC=O)c1C1CCC(OCC2CCCN2)CC1. The van der Waals surface area contributed by atoms with Gasteiger partial charge in [0, 0.05) is 17.8 Å². The molecule has 1 N–H and O–H groups in total. The molecule has 1 unspecified atom stereocenters. The smallest absolute Gasteiger partial charge is 0.217 e. The van der Waals surface area contributed by atoms with Gasteiger partial charge in [0.05, 0.1) is 12.7 Å². The normalized spacial score (nSPS) is 27.1. The molecule has 0 amide bonds. The molecule has 2 aliphatic rings. The van der Waals surface area contributed by atoms with Gasteiger partial charge in [-0.15, -0.1) is 0 Å². The van der Waals surface area contributed by atoms with E-state index in [1.807, 2.05) is 6.07 Å². The third-order valence-corrected chi connectivity index (χ3v) is 5.24. The highest BCUT2D eigenvalue weighted by Crippen LogP contribution is 2.39. The largest absolute Gasteiger partial charge is 0.470 e. The number of nitrogens with zero attached hydrogens (tertiary/aromatic N) is 1. The Balaban J connectivity index is 1.55. The van der Waals surface area contributed by atoms with E-state index in [-0.39, 0.29) is 6.61 Å². The number of nitrogens with one attached hydrogen (secondary N) is 1. The molecule has 1 aliphatic heterocycles. The summed E-state index contributed by atoms with van der Waals surface area (Å²) in [5, 5.41) is 3.49. The van der Waals surface area contributed by atoms with Gasteiger partial charge in [0.25, 0.3) is 0 Å². The molecule has 0 aromatic carbocycles. The fraction of sp³-hybridized carbons (Fsp3) is 0.684. The van der Waals surface area contributed by atoms with E-state index in [1.54, 1.807) is 6.20 Å². The highest BCUT2D eigenvalue weighted by Gasteiger charge is 2.27. The average Bonchev–Trinajstić information content (AvgIpc) is 3.12. The molecule has 0 spiro atoms. The molecule has 1 saturated carbocycles. The molecular formula is C19H28N2O3. The summed E-state index contributed by atoms with van der Waals surface area (Å²) in [6, 6.07) is 2.57. The Labute approximate surface area is 144 Å². The molecule has 1 aromatic rings. The fourth-order valence-corrected chi connectivity index (χ4v) is 3.94. The van der Waals surface area contributed by atoms with E-state index in [2.05, 4.69) is 17.2 Å². The molecule has 0 radical (unpaired) electrons. The number of pyridine rings is 1. The highest BCUT2D eigenvalue weighted by atomic mass is 16.5. The lowest BCUT2D eigenvalue weighted by atomic mass is 9.81. The number of carbonyl (C=O) groups is 1. The van der Waals surface area contributed by atoms with E-state index in [4.69, 9.17) is 9.47 Å². The van der Waals surface area contributed by atoms with E-state index in [0.717, 1.165) is 45.1 Å². The first kappa shape index (κ1) is 17.4. The van der Waals surface area contributed by atoms with Crippen molar-refractivity contribution in [1.82, 2.24) is 10.3 Å². The quantitative estimate of drug-likeness (QED) is 0.778. The maximum absolute atomic E-state index is 10.6. The van der Waals surface area contributed by atoms with E-state index >= 15 is 0 Å². The minimum Gasteiger partial charge on any atom is -0.470 e. The predicted molar refractivity (Wildman–Crippen MR) is 92.5 cm³/mol. The highest BCUT2D eigenvalue weighted by molar-refractivity contribution is 5.51. The van der Waals surface area contributed by atoms with Crippen molar-refractivity contribution in [3.63, 3.8) is 0 Å². The monoisotopic (exact) mass is 332 g/mol. The molecule has 5 nitrogen and oxygen atoms in total. The molecule has 24 heavy (non-hydrogen) atoms. The second kappa shape index (κ2) is 8.58. The van der Waals surface area contributed by atoms with Crippen LogP contribution in [0.2, 0.25) is 0 Å². The number of hydrogen-bond acceptors (Lipinski definition) is 5. The summed E-state index contributed by atoms with van der Waals surface area (Å²) < 4.78 is 11.7. The molecule has 2 fully saturated rings. The molecule has 3 rings (SSSR count). The van der Waals surface area contributed by atoms with Gasteiger partial charge in [0.1, 0.15) is 6.61 Å². The maximum Gasteiger partial charge on any atom is 0.217 e. The predicted octanol–water partition coefficient (Wildman–Crippen LogP) is 2.76. The van der Waals surface area contributed by atoms with Crippen LogP contribution in [0.4, 0.5) is 0 Å². The van der Waals surface area contributed by atoms with Crippen LogP contribution in [0.1, 0.15) is 55.6 Å². The molecule has 1 aromatic heterocycles. The van der Waals surface area contributed by atoms with Gasteiger partial charge >= 0.3 is 0 Å². The Morgan fingerprint density at radius 2 is 2.12 bits per heavy atom. The number of ether oxygens (including phenoxy) is 2. The van der Waals surface area contributed by atoms with Crippen molar-refractivity contribution < 1.29 is 14.3 Å². The molecule has 1 atom stereocenters. The van der Waals surface area contributed by atoms with Gasteiger partial charge in [0.2, 0.25) is 5.88 Å². The Morgan fingerprint density at radius 1 is 1.29 bits per heavy atom. The van der Waals surface area contributed by atoms with E-state index in [0.29, 0.717) is 23.9 Å². The summed E-state index contributed by atoms with van der Waals surface area (Å²) in [6.07, 6.45) is 9.75. The van der Waals surface area contributed by atoms with Crippen LogP contribution < -0.4 is 10.1 Å². The topological polar surface area (TPSA) is 60.5 Å². The van der Waals surface area contributed by atoms with E-state index < -0.39 is 0 Å². The third kappa shape index (κ3) is 4.33. The zero-order valence-corrected chi connectivity index (χ0v) is 14.5. The third-order valence-electron chi connectivity index (χ3n) is 5.24. The van der Waals surface area contributed by atoms with Gasteiger partial charge in [-0.05, 0) is 69.5 Å². The number of carbonyl (C=O) groups excluding carboxylic acids is 1. The number of aryl methyl sites for hydroxylation is 1. The van der Waals surface area contributed by atoms with Crippen molar-refractivity contribution in [2.75, 3.05) is 19.8 Å². The molecule has 2 heterocycles. The molecular weight excluding hydrogens is 304 g/mol. The van der Waals surface area contributed by atoms with Gasteiger partial charge in [-0.2, -0.15) is 0 Å². The van der Waals surface area contributed by atoms with Crippen LogP contribution >= 0.6 is 0 Å². The van der Waals surface area contributed by atoms with Crippen LogP contribution in [0.3, 0.4) is 0 Å². The Kier molecular flexibility index (Phi) is 6.21. The van der Waals surface area contributed by atoms with Crippen molar-refractivity contribution >= 4 is 6.29 Å². The number of hydrogen-bond donors (Lipinski definition) is 1. The van der Waals surface area contributed by atoms with Crippen LogP contribution in [0.25, 0.3) is 0 Å². The molecule has 1 aliphatic carbocycles. The van der Waals surface area contributed by atoms with Gasteiger partial charge in [-0.3, -0.25) is 4.79 Å². The Morgan fingerprint density at radius 3 is 2.83 bits per heavy atom. The zero-order chi connectivity index (χ0) is 16.8. The van der Waals surface area contributed by atoms with Gasteiger partial charge in [-0.1, -0.05) is 0 Å². The number of rotatable bonds is 7. The number of aromatic nitrogens is 1. The van der Waals surface area contributed by atoms with E-state index in [1.165, 1.54) is 24.0 Å². The lowest BCUT2D eigenvalue weighted by Crippen LogP contribution is -2.31. The Bertz CT molecular complexity index is 535. The molecule has 1 saturated heterocycles. The Hall–Kier alpha value is -1.46. The van der Waals surface area contributed by atoms with Gasteiger partial charge in [0.15, 0.2) is 6.29 Å². The summed E-state index contributed by atoms with van der Waals surface area (Å²) in [6.45, 7) is 4.13. The van der Waals surface area contributed by atoms with Crippen molar-refractivity contribution in [2.45, 2.75) is 63.5 Å². The van der Waals surface area contributed by atoms with Crippen LogP contribution in [0.5, 0.6) is 5.88 Å². The van der Waals surface area contributed by atoms with Crippen molar-refractivity contribution in [3.05, 3.63) is 23.4 Å². The lowest BCUT2D eigenvalue weighted by molar-refractivity contribution is -0.109. The minimum absolute atomic E-state index is 0.0658. The van der Waals surface area contributed by atoms with Gasteiger partial charge < -0.3 is 14.8 Å². The van der Waals surface area contributed by atoms with Gasteiger partial charge in [-0.25, -0.2) is 4.98 Å². The second-order valence-corrected chi connectivity index (χ2v) is 6.92. The summed E-state index contributed by atoms with van der Waals surface area (Å²) in [4.78, 5) is 14.9. The standard InChI is InChI=1S/C19H28N2O3/c1-14-8-10-21-19(23-12-11-22)18(14)15-4-6-17(7-5-15)24-13-16-3-2-9-20-16/h8,10-11,15-17,20H,2-7,9,12-13H2,1H3. The number of aldehydes is 1. The van der Waals surface area contributed by atoms with E-state index in [9.17, 15) is 4.79 Å². The lowest BCUT2D eigenvalue weighted by Gasteiger charge is -2.30. The van der Waals surface area contributed by atoms with Crippen molar-refractivity contribution in [2.24, 2.45) is 0 Å². The molecule has 5 heteroatoms. The van der Waals surface area contributed by atoms with Crippen LogP contribution in [-0.4, -0.2) is 43.2 Å². The first-order valence-electron chi connectivity index (χ1n) is 9.15. The summed E-state index contributed by atoms with van der Waals surface area (Å²) in [5.41, 5.74) is 2.38. The second-order valence-electron chi connectivity index (χ2n) is 6.92. The summed E-state index contributed by atoms with van der Waals surface area (Å²) >= 11 is 0. The first-order chi connectivity index (χ1) is 11.8. The summed E-state index contributed by atoms with van der Waals surface area (Å²) in [7, 11) is 0. The minimum atomic E-state index is 0.0658. The average molecular weight is 332 g/mol. The molecule has 132 valence electrons. The maximum atomic E-state index is 10.6. The summed E-state index contributed by atoms with van der Waals surface area (Å²) in [5.74, 6) is 1.08. The van der Waals surface area contributed by atoms with Crippen LogP contribution in [0, 0.1) is 6.92 Å². The first-order valence-corrected chi connectivity index (χ1v) is 9.15. The van der Waals surface area contributed by atoms with Crippen molar-refractivity contribution in [3.8, 4) is 5.88 Å². The zero-order valence-electron chi connectivity index (χ0n) is 14.5. The van der Waals surface area contributed by atoms with Crippen molar-refractivity contribution in [1.29, 1.82) is 0 Å². The molecule has 0 bridgehead atoms. The van der Waals surface area contributed by atoms with Crippen LogP contribution in [0.15, 0.2) is 12.3 Å². The fourth-order valence-electron chi connectivity index (χ4n) is 3.94.